The number of halogens is 2. The highest BCUT2D eigenvalue weighted by Gasteiger charge is 2.23. The Kier molecular flexibility index (Phi) is 5.83. The minimum atomic E-state index is -3.86. The van der Waals surface area contributed by atoms with Crippen LogP contribution in [0, 0.1) is 0 Å². The zero-order valence-electron chi connectivity index (χ0n) is 15.4. The molecule has 11 heteroatoms. The van der Waals surface area contributed by atoms with E-state index in [2.05, 4.69) is 10.2 Å². The smallest absolute Gasteiger partial charge is 0.285 e. The van der Waals surface area contributed by atoms with Gasteiger partial charge in [0.25, 0.3) is 5.91 Å². The van der Waals surface area contributed by atoms with E-state index in [0.29, 0.717) is 10.9 Å². The number of azo groups is 1. The third kappa shape index (κ3) is 4.36. The van der Waals surface area contributed by atoms with Crippen molar-refractivity contribution < 1.29 is 18.3 Å². The van der Waals surface area contributed by atoms with Gasteiger partial charge in [-0.05, 0) is 24.3 Å². The van der Waals surface area contributed by atoms with E-state index in [4.69, 9.17) is 23.2 Å². The first-order chi connectivity index (χ1) is 13.6. The summed E-state index contributed by atoms with van der Waals surface area (Å²) in [5.74, 6) is -1.01. The number of rotatable bonds is 5. The first-order valence-corrected chi connectivity index (χ1v) is 10.8. The van der Waals surface area contributed by atoms with Gasteiger partial charge in [-0.3, -0.25) is 9.10 Å². The Morgan fingerprint density at radius 2 is 1.90 bits per heavy atom. The number of hydrogen-bond acceptors (Lipinski definition) is 5. The highest BCUT2D eigenvalue weighted by atomic mass is 35.5. The lowest BCUT2D eigenvalue weighted by Crippen LogP contribution is -2.34. The van der Waals surface area contributed by atoms with Crippen molar-refractivity contribution in [1.82, 2.24) is 4.57 Å². The van der Waals surface area contributed by atoms with Gasteiger partial charge in [0.2, 0.25) is 15.9 Å². The summed E-state index contributed by atoms with van der Waals surface area (Å²) in [5.41, 5.74) is 0.872. The molecule has 2 aromatic carbocycles. The third-order valence-electron chi connectivity index (χ3n) is 4.17. The van der Waals surface area contributed by atoms with E-state index < -0.39 is 22.5 Å². The number of aromatic hydroxyl groups is 1. The lowest BCUT2D eigenvalue weighted by Gasteiger charge is -2.21. The van der Waals surface area contributed by atoms with E-state index in [0.717, 1.165) is 10.6 Å². The summed E-state index contributed by atoms with van der Waals surface area (Å²) in [6.07, 6.45) is 0.936. The number of carbonyl (C=O) groups is 1. The summed E-state index contributed by atoms with van der Waals surface area (Å²) in [6.45, 7) is -0.631. The monoisotopic (exact) mass is 454 g/mol. The average Bonchev–Trinajstić information content (AvgIpc) is 2.90. The molecule has 1 amide bonds. The number of aromatic nitrogens is 1. The van der Waals surface area contributed by atoms with Gasteiger partial charge < -0.3 is 9.67 Å². The quantitative estimate of drug-likeness (QED) is 0.581. The largest absolute Gasteiger partial charge is 0.493 e. The van der Waals surface area contributed by atoms with Crippen molar-refractivity contribution >= 4 is 61.4 Å². The number of para-hydroxylation sites is 1. The Hall–Kier alpha value is -2.62. The molecule has 29 heavy (non-hydrogen) atoms. The Morgan fingerprint density at radius 1 is 1.21 bits per heavy atom. The van der Waals surface area contributed by atoms with Crippen molar-refractivity contribution in [2.24, 2.45) is 17.3 Å². The van der Waals surface area contributed by atoms with E-state index >= 15 is 0 Å². The van der Waals surface area contributed by atoms with Crippen molar-refractivity contribution in [3.63, 3.8) is 0 Å². The molecule has 0 atom stereocenters. The van der Waals surface area contributed by atoms with E-state index in [1.165, 1.54) is 22.8 Å². The van der Waals surface area contributed by atoms with E-state index in [1.807, 2.05) is 0 Å². The Morgan fingerprint density at radius 3 is 2.59 bits per heavy atom. The molecule has 3 aromatic rings. The van der Waals surface area contributed by atoms with Crippen LogP contribution in [0.3, 0.4) is 0 Å². The van der Waals surface area contributed by atoms with Gasteiger partial charge in [-0.25, -0.2) is 8.42 Å². The molecule has 0 bridgehead atoms. The first-order valence-electron chi connectivity index (χ1n) is 8.23. The van der Waals surface area contributed by atoms with Gasteiger partial charge >= 0.3 is 0 Å². The molecule has 0 spiro atoms. The maximum Gasteiger partial charge on any atom is 0.285 e. The van der Waals surface area contributed by atoms with Gasteiger partial charge in [0, 0.05) is 17.5 Å². The number of anilines is 1. The molecule has 0 saturated carbocycles. The van der Waals surface area contributed by atoms with Gasteiger partial charge in [-0.2, -0.15) is 0 Å². The fraction of sp³-hybridized carbons (Fsp3) is 0.167. The summed E-state index contributed by atoms with van der Waals surface area (Å²) in [7, 11) is -2.22. The molecule has 0 radical (unpaired) electrons. The predicted octanol–water partition coefficient (Wildman–Crippen LogP) is 4.27. The van der Waals surface area contributed by atoms with Crippen molar-refractivity contribution in [1.29, 1.82) is 0 Å². The SMILES string of the molecule is Cn1c(O)c(N=NC(=O)CN(c2cc(Cl)ccc2Cl)S(C)(=O)=O)c2ccccc21. The number of fused-ring (bicyclic) bond motifs is 1. The van der Waals surface area contributed by atoms with Crippen LogP contribution in [-0.2, 0) is 21.9 Å². The van der Waals surface area contributed by atoms with Crippen LogP contribution in [-0.4, -0.2) is 36.8 Å². The van der Waals surface area contributed by atoms with Crippen molar-refractivity contribution in [3.05, 3.63) is 52.5 Å². The molecule has 152 valence electrons. The summed E-state index contributed by atoms with van der Waals surface area (Å²) in [6, 6.07) is 11.3. The molecular weight excluding hydrogens is 439 g/mol. The summed E-state index contributed by atoms with van der Waals surface area (Å²) >= 11 is 12.0. The van der Waals surface area contributed by atoms with Gasteiger partial charge in [0.1, 0.15) is 6.54 Å². The number of sulfonamides is 1. The molecule has 0 fully saturated rings. The second kappa shape index (κ2) is 8.02. The molecule has 8 nitrogen and oxygen atoms in total. The van der Waals surface area contributed by atoms with E-state index in [1.54, 1.807) is 31.3 Å². The van der Waals surface area contributed by atoms with Gasteiger partial charge in [0.15, 0.2) is 5.69 Å². The van der Waals surface area contributed by atoms with Crippen molar-refractivity contribution in [2.75, 3.05) is 17.1 Å². The maximum atomic E-state index is 12.4. The number of carbonyl (C=O) groups excluding carboxylic acids is 1. The van der Waals surface area contributed by atoms with Gasteiger partial charge in [-0.1, -0.05) is 41.4 Å². The fourth-order valence-electron chi connectivity index (χ4n) is 2.78. The Balaban J connectivity index is 1.93. The second-order valence-electron chi connectivity index (χ2n) is 6.21. The van der Waals surface area contributed by atoms with Crippen LogP contribution in [0.1, 0.15) is 0 Å². The third-order valence-corrected chi connectivity index (χ3v) is 5.85. The molecule has 0 unspecified atom stereocenters. The number of benzene rings is 2. The number of aryl methyl sites for hydroxylation is 1. The molecule has 0 saturated heterocycles. The topological polar surface area (TPSA) is 104 Å². The first kappa shape index (κ1) is 21.1. The number of hydrogen-bond donors (Lipinski definition) is 1. The van der Waals surface area contributed by atoms with Crippen LogP contribution < -0.4 is 4.31 Å². The van der Waals surface area contributed by atoms with Crippen LogP contribution >= 0.6 is 23.2 Å². The molecule has 3 rings (SSSR count). The van der Waals surface area contributed by atoms with Gasteiger partial charge in [-0.15, -0.1) is 10.2 Å². The second-order valence-corrected chi connectivity index (χ2v) is 8.96. The fourth-order valence-corrected chi connectivity index (χ4v) is 4.07. The lowest BCUT2D eigenvalue weighted by atomic mass is 10.2. The lowest BCUT2D eigenvalue weighted by molar-refractivity contribution is -0.116. The van der Waals surface area contributed by atoms with Crippen LogP contribution in [0.25, 0.3) is 10.9 Å². The summed E-state index contributed by atoms with van der Waals surface area (Å²) in [4.78, 5) is 12.4. The molecule has 0 aliphatic heterocycles. The summed E-state index contributed by atoms with van der Waals surface area (Å²) in [5, 5.41) is 18.6. The van der Waals surface area contributed by atoms with E-state index in [9.17, 15) is 18.3 Å². The Bertz CT molecular complexity index is 1240. The van der Waals surface area contributed by atoms with Gasteiger partial charge in [0.05, 0.1) is 22.5 Å². The molecule has 0 aliphatic carbocycles. The summed E-state index contributed by atoms with van der Waals surface area (Å²) < 4.78 is 26.7. The average molecular weight is 455 g/mol. The highest BCUT2D eigenvalue weighted by molar-refractivity contribution is 7.92. The standard InChI is InChI=1S/C18H16Cl2N4O4S/c1-23-14-6-4-3-5-12(14)17(18(23)26)22-21-16(25)10-24(29(2,27)28)15-9-11(19)7-8-13(15)20/h3-9,26H,10H2,1-2H3. The Labute approximate surface area is 177 Å². The molecular formula is C18H16Cl2N4O4S. The van der Waals surface area contributed by atoms with Crippen LogP contribution in [0.15, 0.2) is 52.7 Å². The molecule has 0 aliphatic rings. The molecule has 1 N–H and O–H groups in total. The van der Waals surface area contributed by atoms with E-state index in [-0.39, 0.29) is 27.3 Å². The normalized spacial score (nSPS) is 12.0. The van der Waals surface area contributed by atoms with Crippen LogP contribution in [0.4, 0.5) is 11.4 Å². The maximum absolute atomic E-state index is 12.4. The minimum absolute atomic E-state index is 0.0539. The number of amides is 1. The molecule has 1 aromatic heterocycles. The minimum Gasteiger partial charge on any atom is -0.493 e. The predicted molar refractivity (Wildman–Crippen MR) is 113 cm³/mol. The zero-order chi connectivity index (χ0) is 21.3. The van der Waals surface area contributed by atoms with Crippen LogP contribution in [0.5, 0.6) is 5.88 Å². The van der Waals surface area contributed by atoms with Crippen LogP contribution in [0.2, 0.25) is 10.0 Å². The highest BCUT2D eigenvalue weighted by Crippen LogP contribution is 2.37. The zero-order valence-corrected chi connectivity index (χ0v) is 17.7. The molecule has 1 heterocycles. The van der Waals surface area contributed by atoms with Crippen molar-refractivity contribution in [2.45, 2.75) is 0 Å². The van der Waals surface area contributed by atoms with Crippen molar-refractivity contribution in [3.8, 4) is 5.88 Å². The number of nitrogens with zero attached hydrogens (tertiary/aromatic N) is 4.